The number of rotatable bonds is 15. The van der Waals surface area contributed by atoms with Crippen LogP contribution in [0.4, 0.5) is 17.1 Å². The maximum absolute atomic E-state index is 13.8. The number of nitrogens with one attached hydrogen (secondary N) is 4. The average Bonchev–Trinajstić information content (AvgIpc) is 3.46. The van der Waals surface area contributed by atoms with Crippen molar-refractivity contribution in [3.8, 4) is 11.5 Å². The Morgan fingerprint density at radius 3 is 2.40 bits per heavy atom. The lowest BCUT2D eigenvalue weighted by Crippen LogP contribution is -2.50. The minimum absolute atomic E-state index is 0.0127. The van der Waals surface area contributed by atoms with Gasteiger partial charge in [0.1, 0.15) is 18.7 Å². The third-order valence-corrected chi connectivity index (χ3v) is 9.32. The van der Waals surface area contributed by atoms with E-state index in [0.717, 1.165) is 23.2 Å². The molecule has 0 radical (unpaired) electrons. The minimum Gasteiger partial charge on any atom is -0.493 e. The van der Waals surface area contributed by atoms with E-state index in [1.807, 2.05) is 29.2 Å². The molecule has 0 spiro atoms. The van der Waals surface area contributed by atoms with Crippen LogP contribution in [-0.2, 0) is 42.8 Å². The van der Waals surface area contributed by atoms with Crippen molar-refractivity contribution in [2.24, 2.45) is 0 Å². The summed E-state index contributed by atoms with van der Waals surface area (Å²) in [6.45, 7) is 3.74. The van der Waals surface area contributed by atoms with Crippen LogP contribution in [0.3, 0.4) is 0 Å². The molecule has 5 rings (SSSR count). The third kappa shape index (κ3) is 9.13. The summed E-state index contributed by atoms with van der Waals surface area (Å²) in [5, 5.41) is 11.5. The topological polar surface area (TPSA) is 164 Å². The first-order valence-electron chi connectivity index (χ1n) is 17.2. The maximum Gasteiger partial charge on any atom is 0.305 e. The van der Waals surface area contributed by atoms with Crippen LogP contribution in [0.5, 0.6) is 11.5 Å². The fraction of sp³-hybridized carbons (Fsp3) is 0.395. The number of unbranched alkanes of at least 4 members (excludes halogenated alkanes) is 1. The largest absolute Gasteiger partial charge is 0.493 e. The summed E-state index contributed by atoms with van der Waals surface area (Å²) in [6.07, 6.45) is 2.10. The number of esters is 1. The van der Waals surface area contributed by atoms with E-state index in [2.05, 4.69) is 32.1 Å². The molecule has 0 aliphatic carbocycles. The fourth-order valence-electron chi connectivity index (χ4n) is 6.26. The van der Waals surface area contributed by atoms with Crippen molar-refractivity contribution in [2.75, 3.05) is 36.3 Å². The van der Waals surface area contributed by atoms with Crippen LogP contribution in [0.2, 0.25) is 0 Å². The van der Waals surface area contributed by atoms with Crippen molar-refractivity contribution >= 4 is 58.3 Å². The number of methoxy groups -OCH3 is 2. The molecule has 4 N–H and O–H groups in total. The van der Waals surface area contributed by atoms with Gasteiger partial charge in [-0.25, -0.2) is 0 Å². The zero-order valence-electron chi connectivity index (χ0n) is 29.7. The SMILES string of the molecule is COC(=O)CCCCC(=O)NC(C)C(=O)NC(C)C(=O)Nc1cc(CCl)cc(COc2cc3c(cc2OC)C(=O)N2c4ccccc4C[C@H]2CN3)c1. The highest BCUT2D eigenvalue weighted by atomic mass is 35.5. The lowest BCUT2D eigenvalue weighted by atomic mass is 10.1. The first-order valence-corrected chi connectivity index (χ1v) is 17.7. The lowest BCUT2D eigenvalue weighted by Gasteiger charge is -2.22. The number of para-hydroxylation sites is 1. The van der Waals surface area contributed by atoms with Crippen molar-refractivity contribution in [3.05, 3.63) is 76.9 Å². The highest BCUT2D eigenvalue weighted by molar-refractivity contribution is 6.17. The summed E-state index contributed by atoms with van der Waals surface area (Å²) in [7, 11) is 2.82. The Kier molecular flexibility index (Phi) is 12.6. The molecule has 2 heterocycles. The van der Waals surface area contributed by atoms with E-state index in [0.29, 0.717) is 53.4 Å². The van der Waals surface area contributed by atoms with E-state index in [9.17, 15) is 24.0 Å². The Balaban J connectivity index is 1.19. The molecular formula is C38H44ClN5O8. The van der Waals surface area contributed by atoms with Crippen LogP contribution in [0.15, 0.2) is 54.6 Å². The van der Waals surface area contributed by atoms with Gasteiger partial charge >= 0.3 is 5.97 Å². The average molecular weight is 734 g/mol. The number of ether oxygens (including phenoxy) is 3. The van der Waals surface area contributed by atoms with Crippen molar-refractivity contribution < 1.29 is 38.2 Å². The van der Waals surface area contributed by atoms with E-state index in [1.165, 1.54) is 28.1 Å². The molecule has 4 amide bonds. The second kappa shape index (κ2) is 17.3. The molecule has 276 valence electrons. The van der Waals surface area contributed by atoms with Gasteiger partial charge in [-0.05, 0) is 74.1 Å². The summed E-state index contributed by atoms with van der Waals surface area (Å²) < 4.78 is 16.4. The quantitative estimate of drug-likeness (QED) is 0.0986. The van der Waals surface area contributed by atoms with Crippen LogP contribution >= 0.6 is 11.6 Å². The molecule has 0 saturated heterocycles. The maximum atomic E-state index is 13.8. The Hall–Kier alpha value is -5.30. The van der Waals surface area contributed by atoms with Gasteiger partial charge < -0.3 is 40.4 Å². The van der Waals surface area contributed by atoms with Crippen molar-refractivity contribution in [3.63, 3.8) is 0 Å². The molecule has 3 atom stereocenters. The van der Waals surface area contributed by atoms with E-state index < -0.39 is 23.9 Å². The first kappa shape index (κ1) is 37.9. The van der Waals surface area contributed by atoms with Crippen LogP contribution in [0.1, 0.15) is 66.6 Å². The fourth-order valence-corrected chi connectivity index (χ4v) is 6.41. The summed E-state index contributed by atoms with van der Waals surface area (Å²) in [5.74, 6) is -0.770. The van der Waals surface area contributed by atoms with E-state index >= 15 is 0 Å². The molecule has 0 aromatic heterocycles. The molecule has 2 unspecified atom stereocenters. The van der Waals surface area contributed by atoms with E-state index in [1.54, 1.807) is 24.3 Å². The highest BCUT2D eigenvalue weighted by Gasteiger charge is 2.37. The number of carbonyl (C=O) groups is 5. The van der Waals surface area contributed by atoms with Crippen LogP contribution in [0.25, 0.3) is 0 Å². The normalized spacial score (nSPS) is 15.4. The second-order valence-electron chi connectivity index (χ2n) is 12.8. The van der Waals surface area contributed by atoms with Crippen LogP contribution in [-0.4, -0.2) is 68.5 Å². The molecule has 0 bridgehead atoms. The summed E-state index contributed by atoms with van der Waals surface area (Å²) in [6, 6.07) is 14.9. The molecule has 52 heavy (non-hydrogen) atoms. The number of benzene rings is 3. The van der Waals surface area contributed by atoms with Gasteiger partial charge in [0.2, 0.25) is 17.7 Å². The number of amides is 4. The number of nitrogens with zero attached hydrogens (tertiary/aromatic N) is 1. The predicted molar refractivity (Wildman–Crippen MR) is 197 cm³/mol. The van der Waals surface area contributed by atoms with Crippen molar-refractivity contribution in [2.45, 2.75) is 76.6 Å². The predicted octanol–water partition coefficient (Wildman–Crippen LogP) is 4.69. The van der Waals surface area contributed by atoms with Crippen LogP contribution in [0, 0.1) is 0 Å². The van der Waals surface area contributed by atoms with Gasteiger partial charge in [-0.15, -0.1) is 11.6 Å². The van der Waals surface area contributed by atoms with E-state index in [-0.39, 0.29) is 49.2 Å². The van der Waals surface area contributed by atoms with Gasteiger partial charge in [-0.2, -0.15) is 0 Å². The molecule has 13 nitrogen and oxygen atoms in total. The highest BCUT2D eigenvalue weighted by Crippen LogP contribution is 2.40. The third-order valence-electron chi connectivity index (χ3n) is 9.01. The summed E-state index contributed by atoms with van der Waals surface area (Å²) >= 11 is 6.19. The van der Waals surface area contributed by atoms with Gasteiger partial charge in [0.15, 0.2) is 11.5 Å². The Bertz CT molecular complexity index is 1830. The molecule has 0 fully saturated rings. The number of hydrogen-bond donors (Lipinski definition) is 4. The zero-order valence-corrected chi connectivity index (χ0v) is 30.4. The number of hydrogen-bond acceptors (Lipinski definition) is 9. The molecular weight excluding hydrogens is 690 g/mol. The summed E-state index contributed by atoms with van der Waals surface area (Å²) in [4.78, 5) is 64.9. The number of alkyl halides is 1. The van der Waals surface area contributed by atoms with Gasteiger partial charge in [0, 0.05) is 42.7 Å². The van der Waals surface area contributed by atoms with Crippen molar-refractivity contribution in [1.82, 2.24) is 10.6 Å². The molecule has 3 aromatic carbocycles. The molecule has 0 saturated carbocycles. The Morgan fingerprint density at radius 2 is 1.65 bits per heavy atom. The number of fused-ring (bicyclic) bond motifs is 4. The smallest absolute Gasteiger partial charge is 0.305 e. The first-order chi connectivity index (χ1) is 25.0. The van der Waals surface area contributed by atoms with Crippen LogP contribution < -0.4 is 35.6 Å². The lowest BCUT2D eigenvalue weighted by molar-refractivity contribution is -0.140. The monoisotopic (exact) mass is 733 g/mol. The number of carbonyl (C=O) groups excluding carboxylic acids is 5. The van der Waals surface area contributed by atoms with Gasteiger partial charge in [0.05, 0.1) is 31.5 Å². The molecule has 14 heteroatoms. The second-order valence-corrected chi connectivity index (χ2v) is 13.1. The molecule has 3 aromatic rings. The Morgan fingerprint density at radius 1 is 0.923 bits per heavy atom. The number of anilines is 3. The van der Waals surface area contributed by atoms with Gasteiger partial charge in [-0.3, -0.25) is 24.0 Å². The summed E-state index contributed by atoms with van der Waals surface area (Å²) in [5.41, 5.74) is 5.11. The van der Waals surface area contributed by atoms with Gasteiger partial charge in [0.25, 0.3) is 5.91 Å². The molecule has 2 aliphatic rings. The zero-order chi connectivity index (χ0) is 37.4. The van der Waals surface area contributed by atoms with E-state index in [4.69, 9.17) is 21.1 Å². The minimum atomic E-state index is -0.922. The number of halogens is 1. The Labute approximate surface area is 307 Å². The molecule has 2 aliphatic heterocycles. The van der Waals surface area contributed by atoms with Gasteiger partial charge in [-0.1, -0.05) is 24.3 Å². The standard InChI is InChI=1S/C38H44ClN5O8/c1-22(41-34(45)11-7-8-12-35(46)51-4)36(47)42-23(2)37(48)43-27-14-24(19-39)13-25(15-27)21-52-33-18-30-29(17-32(33)50-3)38(49)44-28(20-40-30)16-26-9-5-6-10-31(26)44/h5-6,9-10,13-15,17-18,22-23,28,40H,7-8,11-12,16,19-21H2,1-4H3,(H,41,45)(H,42,47)(H,43,48)/t22?,23?,28-/m0/s1. The van der Waals surface area contributed by atoms with Crippen molar-refractivity contribution in [1.29, 1.82) is 0 Å².